The van der Waals surface area contributed by atoms with Crippen molar-refractivity contribution in [3.8, 4) is 0 Å². The van der Waals surface area contributed by atoms with Gasteiger partial charge in [-0.2, -0.15) is 0 Å². The zero-order valence-corrected chi connectivity index (χ0v) is 6.91. The predicted octanol–water partition coefficient (Wildman–Crippen LogP) is 3.08. The van der Waals surface area contributed by atoms with Crippen molar-refractivity contribution >= 4 is 0 Å². The molecule has 0 aromatic rings. The molecule has 0 aromatic carbocycles. The summed E-state index contributed by atoms with van der Waals surface area (Å²) in [6.45, 7) is 12.1. The molecular weight excluding hydrogens is 110 g/mol. The van der Waals surface area contributed by atoms with Crippen molar-refractivity contribution in [1.29, 1.82) is 0 Å². The molecule has 0 bridgehead atoms. The summed E-state index contributed by atoms with van der Waals surface area (Å²) >= 11 is 0. The number of allylic oxidation sites excluding steroid dienone is 3. The largest absolute Gasteiger partial charge is 0.344 e. The SMILES string of the molecule is C=C(C)C(C)=C(C)C.N. The highest BCUT2D eigenvalue weighted by molar-refractivity contribution is 5.27. The molecule has 0 spiro atoms. The van der Waals surface area contributed by atoms with Gasteiger partial charge in [0.1, 0.15) is 0 Å². The molecule has 0 saturated carbocycles. The van der Waals surface area contributed by atoms with Gasteiger partial charge in [0.15, 0.2) is 0 Å². The van der Waals surface area contributed by atoms with E-state index in [2.05, 4.69) is 27.4 Å². The minimum Gasteiger partial charge on any atom is -0.344 e. The Kier molecular flexibility index (Phi) is 5.42. The molecule has 0 atom stereocenters. The topological polar surface area (TPSA) is 35.0 Å². The van der Waals surface area contributed by atoms with E-state index in [1.165, 1.54) is 16.7 Å². The van der Waals surface area contributed by atoms with E-state index >= 15 is 0 Å². The average Bonchev–Trinajstić information content (AvgIpc) is 1.64. The molecule has 0 aliphatic heterocycles. The first kappa shape index (κ1) is 11.3. The zero-order valence-electron chi connectivity index (χ0n) is 6.91. The zero-order chi connectivity index (χ0) is 6.73. The fourth-order valence-corrected chi connectivity index (χ4v) is 0.427. The van der Waals surface area contributed by atoms with Gasteiger partial charge in [0.2, 0.25) is 0 Å². The van der Waals surface area contributed by atoms with Crippen LogP contribution in [-0.4, -0.2) is 0 Å². The predicted molar refractivity (Wildman–Crippen MR) is 43.9 cm³/mol. The second kappa shape index (κ2) is 4.33. The molecule has 0 saturated heterocycles. The maximum Gasteiger partial charge on any atom is -0.0396 e. The van der Waals surface area contributed by atoms with Gasteiger partial charge in [-0.25, -0.2) is 0 Å². The molecule has 0 rings (SSSR count). The lowest BCUT2D eigenvalue weighted by molar-refractivity contribution is 1.23. The summed E-state index contributed by atoms with van der Waals surface area (Å²) in [4.78, 5) is 0. The second-order valence-corrected chi connectivity index (χ2v) is 2.41. The van der Waals surface area contributed by atoms with Crippen LogP contribution < -0.4 is 6.15 Å². The van der Waals surface area contributed by atoms with Crippen LogP contribution in [0.25, 0.3) is 0 Å². The van der Waals surface area contributed by atoms with Crippen LogP contribution in [0, 0.1) is 0 Å². The summed E-state index contributed by atoms with van der Waals surface area (Å²) in [5, 5.41) is 0. The van der Waals surface area contributed by atoms with E-state index in [0.717, 1.165) is 0 Å². The van der Waals surface area contributed by atoms with Crippen LogP contribution in [0.2, 0.25) is 0 Å². The Labute approximate surface area is 58.1 Å². The highest BCUT2D eigenvalue weighted by Crippen LogP contribution is 2.09. The third-order valence-electron chi connectivity index (χ3n) is 1.39. The van der Waals surface area contributed by atoms with Gasteiger partial charge in [0.05, 0.1) is 0 Å². The Balaban J connectivity index is 0. The van der Waals surface area contributed by atoms with Crippen molar-refractivity contribution in [2.75, 3.05) is 0 Å². The summed E-state index contributed by atoms with van der Waals surface area (Å²) in [5.74, 6) is 0. The number of hydrogen-bond donors (Lipinski definition) is 1. The molecule has 0 radical (unpaired) electrons. The Morgan fingerprint density at radius 3 is 1.33 bits per heavy atom. The fraction of sp³-hybridized carbons (Fsp3) is 0.500. The summed E-state index contributed by atoms with van der Waals surface area (Å²) in [6, 6.07) is 0. The van der Waals surface area contributed by atoms with Crippen molar-refractivity contribution in [2.24, 2.45) is 0 Å². The molecule has 0 heterocycles. The molecule has 3 N–H and O–H groups in total. The van der Waals surface area contributed by atoms with Crippen LogP contribution in [0.5, 0.6) is 0 Å². The summed E-state index contributed by atoms with van der Waals surface area (Å²) in [6.07, 6.45) is 0. The first-order chi connectivity index (χ1) is 3.55. The Morgan fingerprint density at radius 2 is 1.33 bits per heavy atom. The van der Waals surface area contributed by atoms with Gasteiger partial charge in [0.25, 0.3) is 0 Å². The monoisotopic (exact) mass is 127 g/mol. The van der Waals surface area contributed by atoms with Crippen LogP contribution in [0.4, 0.5) is 0 Å². The first-order valence-corrected chi connectivity index (χ1v) is 2.85. The van der Waals surface area contributed by atoms with Gasteiger partial charge in [0, 0.05) is 0 Å². The van der Waals surface area contributed by atoms with Crippen LogP contribution in [-0.2, 0) is 0 Å². The standard InChI is InChI=1S/C8H14.H3N/c1-6(2)8(5)7(3)4;/h1H2,2-5H3;1H3. The maximum absolute atomic E-state index is 3.82. The van der Waals surface area contributed by atoms with E-state index in [4.69, 9.17) is 0 Å². The second-order valence-electron chi connectivity index (χ2n) is 2.41. The summed E-state index contributed by atoms with van der Waals surface area (Å²) in [7, 11) is 0. The summed E-state index contributed by atoms with van der Waals surface area (Å²) in [5.41, 5.74) is 3.85. The molecule has 9 heavy (non-hydrogen) atoms. The lowest BCUT2D eigenvalue weighted by Crippen LogP contribution is -1.78. The molecule has 1 heteroatoms. The minimum absolute atomic E-state index is 0. The van der Waals surface area contributed by atoms with Gasteiger partial charge in [-0.05, 0) is 27.7 Å². The van der Waals surface area contributed by atoms with Gasteiger partial charge in [-0.15, -0.1) is 0 Å². The molecule has 0 aromatic heterocycles. The lowest BCUT2D eigenvalue weighted by Gasteiger charge is -1.99. The van der Waals surface area contributed by atoms with Crippen LogP contribution in [0.1, 0.15) is 27.7 Å². The third-order valence-corrected chi connectivity index (χ3v) is 1.39. The minimum atomic E-state index is 0. The smallest absolute Gasteiger partial charge is 0.0396 e. The molecule has 0 fully saturated rings. The van der Waals surface area contributed by atoms with E-state index in [9.17, 15) is 0 Å². The highest BCUT2D eigenvalue weighted by atomic mass is 14.0. The van der Waals surface area contributed by atoms with Gasteiger partial charge >= 0.3 is 0 Å². The van der Waals surface area contributed by atoms with Crippen molar-refractivity contribution in [2.45, 2.75) is 27.7 Å². The van der Waals surface area contributed by atoms with Crippen molar-refractivity contribution in [3.05, 3.63) is 23.3 Å². The molecule has 1 nitrogen and oxygen atoms in total. The number of hydrogen-bond acceptors (Lipinski definition) is 1. The fourth-order valence-electron chi connectivity index (χ4n) is 0.427. The Bertz CT molecular complexity index is 128. The average molecular weight is 127 g/mol. The van der Waals surface area contributed by atoms with Gasteiger partial charge < -0.3 is 6.15 Å². The third kappa shape index (κ3) is 3.98. The number of rotatable bonds is 1. The van der Waals surface area contributed by atoms with Crippen molar-refractivity contribution in [1.82, 2.24) is 6.15 Å². The highest BCUT2D eigenvalue weighted by Gasteiger charge is 1.88. The molecule has 0 unspecified atom stereocenters. The molecular formula is C8H17N. The molecule has 0 aliphatic rings. The summed E-state index contributed by atoms with van der Waals surface area (Å²) < 4.78 is 0. The van der Waals surface area contributed by atoms with E-state index in [1.54, 1.807) is 0 Å². The Morgan fingerprint density at radius 1 is 1.00 bits per heavy atom. The molecule has 0 amide bonds. The normalized spacial score (nSPS) is 7.56. The van der Waals surface area contributed by atoms with E-state index in [0.29, 0.717) is 0 Å². The maximum atomic E-state index is 3.82. The quantitative estimate of drug-likeness (QED) is 0.540. The Hall–Kier alpha value is -0.560. The van der Waals surface area contributed by atoms with E-state index in [-0.39, 0.29) is 6.15 Å². The van der Waals surface area contributed by atoms with Crippen molar-refractivity contribution < 1.29 is 0 Å². The van der Waals surface area contributed by atoms with Crippen LogP contribution >= 0.6 is 0 Å². The lowest BCUT2D eigenvalue weighted by atomic mass is 10.1. The van der Waals surface area contributed by atoms with Gasteiger partial charge in [-0.3, -0.25) is 0 Å². The van der Waals surface area contributed by atoms with E-state index < -0.39 is 0 Å². The van der Waals surface area contributed by atoms with Crippen LogP contribution in [0.3, 0.4) is 0 Å². The first-order valence-electron chi connectivity index (χ1n) is 2.85. The molecule has 54 valence electrons. The van der Waals surface area contributed by atoms with E-state index in [1.807, 2.05) is 6.92 Å². The van der Waals surface area contributed by atoms with Gasteiger partial charge in [-0.1, -0.05) is 23.3 Å². The van der Waals surface area contributed by atoms with Crippen LogP contribution in [0.15, 0.2) is 23.3 Å². The molecule has 0 aliphatic carbocycles. The van der Waals surface area contributed by atoms with Crippen molar-refractivity contribution in [3.63, 3.8) is 0 Å².